The topological polar surface area (TPSA) is 86.7 Å². The summed E-state index contributed by atoms with van der Waals surface area (Å²) in [5.74, 6) is -0.980. The number of carboxylic acid groups (broad SMARTS) is 1. The Hall–Kier alpha value is -0.690. The predicted molar refractivity (Wildman–Crippen MR) is 111 cm³/mol. The van der Waals surface area contributed by atoms with Crippen LogP contribution in [0, 0.1) is 29.6 Å². The van der Waals surface area contributed by atoms with E-state index in [9.17, 15) is 24.2 Å². The van der Waals surface area contributed by atoms with E-state index in [2.05, 4.69) is 32.1 Å². The van der Waals surface area contributed by atoms with E-state index in [0.29, 0.717) is 18.8 Å². The molecule has 1 unspecified atom stereocenters. The van der Waals surface area contributed by atoms with Gasteiger partial charge in [0.25, 0.3) is 0 Å². The first-order valence-corrected chi connectivity index (χ1v) is 11.2. The summed E-state index contributed by atoms with van der Waals surface area (Å²) in [6.45, 7) is 8.08. The average molecular weight is 447 g/mol. The number of allylic oxidation sites excluding steroid dienone is 3. The SMILES string of the molecule is CC[C@H](C)C(=O)O[C@H]1C[C@@H](C)C=C2C=C[C@H](C)[C@H](CC[C@@H](O)C[C@H](F)CC(=O)[O-])C21.[Na+]. The Kier molecular flexibility index (Phi) is 12.0. The molecule has 2 aliphatic rings. The molecule has 2 aliphatic carbocycles. The predicted octanol–water partition coefficient (Wildman–Crippen LogP) is 0.362. The molecule has 0 radical (unpaired) electrons. The summed E-state index contributed by atoms with van der Waals surface area (Å²) in [7, 11) is 0. The van der Waals surface area contributed by atoms with Crippen molar-refractivity contribution in [3.63, 3.8) is 0 Å². The standard InChI is InChI=1S/C24H37FO5.Na/c1-5-15(3)24(29)30-21-11-14(2)10-17-7-6-16(4)20(23(17)21)9-8-19(26)12-18(25)13-22(27)28;/h6-7,10,14-16,18-21,23,26H,5,8-9,11-13H2,1-4H3,(H,27,28);/q;+1/p-1/t14-,15-,16-,18-,19+,20-,21-,23?;/m0./s1. The minimum absolute atomic E-state index is 0. The Morgan fingerprint density at radius 1 is 1.35 bits per heavy atom. The fourth-order valence-corrected chi connectivity index (χ4v) is 4.72. The fraction of sp³-hybridized carbons (Fsp3) is 0.750. The number of hydrogen-bond acceptors (Lipinski definition) is 5. The minimum atomic E-state index is -1.61. The van der Waals surface area contributed by atoms with E-state index in [1.165, 1.54) is 5.57 Å². The Morgan fingerprint density at radius 3 is 2.65 bits per heavy atom. The molecule has 0 spiro atoms. The number of halogens is 1. The monoisotopic (exact) mass is 446 g/mol. The van der Waals surface area contributed by atoms with Gasteiger partial charge in [0.15, 0.2) is 0 Å². The third-order valence-electron chi connectivity index (χ3n) is 6.63. The van der Waals surface area contributed by atoms with Crippen molar-refractivity contribution in [1.29, 1.82) is 0 Å². The first-order valence-electron chi connectivity index (χ1n) is 11.2. The van der Waals surface area contributed by atoms with Crippen LogP contribution in [0.3, 0.4) is 0 Å². The maximum Gasteiger partial charge on any atom is 1.00 e. The van der Waals surface area contributed by atoms with E-state index in [1.54, 1.807) is 0 Å². The molecular formula is C24H36FNaO5. The molecule has 31 heavy (non-hydrogen) atoms. The van der Waals surface area contributed by atoms with Crippen molar-refractivity contribution >= 4 is 11.9 Å². The van der Waals surface area contributed by atoms with Gasteiger partial charge in [0.1, 0.15) is 12.3 Å². The first-order chi connectivity index (χ1) is 14.1. The van der Waals surface area contributed by atoms with E-state index in [-0.39, 0.29) is 71.7 Å². The number of fused-ring (bicyclic) bond motifs is 1. The maximum atomic E-state index is 13.7. The fourth-order valence-electron chi connectivity index (χ4n) is 4.72. The summed E-state index contributed by atoms with van der Waals surface area (Å²) in [6, 6.07) is 0. The van der Waals surface area contributed by atoms with Crippen LogP contribution in [0.15, 0.2) is 23.8 Å². The Balaban J connectivity index is 0.00000480. The van der Waals surface area contributed by atoms with Crippen LogP contribution in [-0.2, 0) is 14.3 Å². The Morgan fingerprint density at radius 2 is 2.03 bits per heavy atom. The number of rotatable bonds is 10. The second-order valence-corrected chi connectivity index (χ2v) is 9.21. The second kappa shape index (κ2) is 13.1. The van der Waals surface area contributed by atoms with Crippen LogP contribution < -0.4 is 34.7 Å². The average Bonchev–Trinajstić information content (AvgIpc) is 2.65. The van der Waals surface area contributed by atoms with Crippen molar-refractivity contribution in [2.75, 3.05) is 0 Å². The van der Waals surface area contributed by atoms with Crippen LogP contribution in [0.25, 0.3) is 0 Å². The van der Waals surface area contributed by atoms with Crippen molar-refractivity contribution in [2.45, 2.75) is 84.6 Å². The first kappa shape index (κ1) is 28.3. The quantitative estimate of drug-likeness (QED) is 0.387. The molecule has 170 valence electrons. The molecule has 8 atom stereocenters. The zero-order valence-corrected chi connectivity index (χ0v) is 21.6. The normalized spacial score (nSPS) is 30.3. The Bertz CT molecular complexity index is 664. The number of aliphatic hydroxyl groups is 1. The van der Waals surface area contributed by atoms with E-state index in [1.807, 2.05) is 13.8 Å². The van der Waals surface area contributed by atoms with Gasteiger partial charge in [-0.15, -0.1) is 0 Å². The summed E-state index contributed by atoms with van der Waals surface area (Å²) in [5, 5.41) is 20.8. The van der Waals surface area contributed by atoms with Crippen LogP contribution in [0.2, 0.25) is 0 Å². The Labute approximate surface area is 207 Å². The van der Waals surface area contributed by atoms with E-state index >= 15 is 0 Å². The zero-order chi connectivity index (χ0) is 22.4. The molecule has 0 amide bonds. The van der Waals surface area contributed by atoms with Crippen LogP contribution in [0.5, 0.6) is 0 Å². The van der Waals surface area contributed by atoms with Gasteiger partial charge in [-0.25, -0.2) is 4.39 Å². The smallest absolute Gasteiger partial charge is 0.550 e. The summed E-state index contributed by atoms with van der Waals surface area (Å²) >= 11 is 0. The molecule has 2 rings (SSSR count). The van der Waals surface area contributed by atoms with Gasteiger partial charge in [-0.05, 0) is 49.0 Å². The molecule has 7 heteroatoms. The number of carbonyl (C=O) groups is 2. The van der Waals surface area contributed by atoms with Gasteiger partial charge in [-0.1, -0.05) is 45.9 Å². The van der Waals surface area contributed by atoms with Crippen molar-refractivity contribution < 1.29 is 58.5 Å². The van der Waals surface area contributed by atoms with E-state index < -0.39 is 24.7 Å². The summed E-state index contributed by atoms with van der Waals surface area (Å²) in [6.07, 6.45) is 5.42. The third-order valence-corrected chi connectivity index (χ3v) is 6.63. The molecule has 0 bridgehead atoms. The summed E-state index contributed by atoms with van der Waals surface area (Å²) in [4.78, 5) is 23.0. The molecule has 0 aromatic heterocycles. The molecule has 0 aliphatic heterocycles. The number of aliphatic carboxylic acids is 1. The molecule has 0 saturated heterocycles. The molecule has 1 N–H and O–H groups in total. The van der Waals surface area contributed by atoms with Crippen molar-refractivity contribution in [3.05, 3.63) is 23.8 Å². The number of carboxylic acids is 1. The van der Waals surface area contributed by atoms with Crippen molar-refractivity contribution in [3.8, 4) is 0 Å². The third kappa shape index (κ3) is 8.30. The van der Waals surface area contributed by atoms with Gasteiger partial charge >= 0.3 is 35.5 Å². The summed E-state index contributed by atoms with van der Waals surface area (Å²) in [5.41, 5.74) is 1.17. The van der Waals surface area contributed by atoms with Gasteiger partial charge in [0, 0.05) is 24.7 Å². The van der Waals surface area contributed by atoms with Gasteiger partial charge in [0.2, 0.25) is 0 Å². The van der Waals surface area contributed by atoms with Crippen LogP contribution in [0.4, 0.5) is 4.39 Å². The number of carbonyl (C=O) groups excluding carboxylic acids is 2. The maximum absolute atomic E-state index is 13.7. The minimum Gasteiger partial charge on any atom is -0.550 e. The van der Waals surface area contributed by atoms with Gasteiger partial charge < -0.3 is 19.7 Å². The molecule has 0 fully saturated rings. The molecule has 0 aromatic carbocycles. The largest absolute Gasteiger partial charge is 1.00 e. The molecule has 0 aromatic rings. The van der Waals surface area contributed by atoms with Crippen LogP contribution in [-0.4, -0.2) is 35.4 Å². The number of ether oxygens (including phenoxy) is 1. The molecule has 0 saturated carbocycles. The number of esters is 1. The van der Waals surface area contributed by atoms with E-state index in [4.69, 9.17) is 4.74 Å². The molecule has 0 heterocycles. The van der Waals surface area contributed by atoms with E-state index in [0.717, 1.165) is 12.8 Å². The van der Waals surface area contributed by atoms with Crippen molar-refractivity contribution in [1.82, 2.24) is 0 Å². The van der Waals surface area contributed by atoms with Gasteiger partial charge in [0.05, 0.1) is 12.0 Å². The number of aliphatic hydroxyl groups excluding tert-OH is 1. The number of alkyl halides is 1. The van der Waals surface area contributed by atoms with Crippen molar-refractivity contribution in [2.24, 2.45) is 29.6 Å². The van der Waals surface area contributed by atoms with Gasteiger partial charge in [-0.3, -0.25) is 4.79 Å². The second-order valence-electron chi connectivity index (χ2n) is 9.21. The zero-order valence-electron chi connectivity index (χ0n) is 19.6. The summed E-state index contributed by atoms with van der Waals surface area (Å²) < 4.78 is 19.7. The van der Waals surface area contributed by atoms with Crippen LogP contribution in [0.1, 0.15) is 66.2 Å². The molecule has 5 nitrogen and oxygen atoms in total. The van der Waals surface area contributed by atoms with Crippen LogP contribution >= 0.6 is 0 Å². The molecular weight excluding hydrogens is 410 g/mol. The number of hydrogen-bond donors (Lipinski definition) is 1. The van der Waals surface area contributed by atoms with Gasteiger partial charge in [-0.2, -0.15) is 0 Å².